The van der Waals surface area contributed by atoms with E-state index in [2.05, 4.69) is 15.4 Å². The molecule has 4 rings (SSSR count). The lowest BCUT2D eigenvalue weighted by atomic mass is 10.3. The summed E-state index contributed by atoms with van der Waals surface area (Å²) >= 11 is 3.16. The van der Waals surface area contributed by atoms with Crippen molar-refractivity contribution >= 4 is 44.9 Å². The SMILES string of the molecule is CSc1nc2ccc(NC(=O)c3ccc(=O)n(CCOc4ccccc4)n3)cc2s1. The van der Waals surface area contributed by atoms with Crippen molar-refractivity contribution < 1.29 is 9.53 Å². The fourth-order valence-corrected chi connectivity index (χ4v) is 4.29. The molecule has 1 N–H and O–H groups in total. The van der Waals surface area contributed by atoms with E-state index in [0.717, 1.165) is 14.6 Å². The van der Waals surface area contributed by atoms with Crippen molar-refractivity contribution in [3.63, 3.8) is 0 Å². The third-order valence-corrected chi connectivity index (χ3v) is 6.22. The Balaban J connectivity index is 1.44. The van der Waals surface area contributed by atoms with Crippen LogP contribution in [0.25, 0.3) is 10.2 Å². The van der Waals surface area contributed by atoms with Crippen LogP contribution in [0.4, 0.5) is 5.69 Å². The van der Waals surface area contributed by atoms with Crippen molar-refractivity contribution in [2.24, 2.45) is 0 Å². The number of carbonyl (C=O) groups is 1. The number of amides is 1. The van der Waals surface area contributed by atoms with Gasteiger partial charge in [-0.3, -0.25) is 9.59 Å². The molecule has 4 aromatic rings. The molecule has 0 unspecified atom stereocenters. The summed E-state index contributed by atoms with van der Waals surface area (Å²) < 4.78 is 8.80. The second-order valence-corrected chi connectivity index (χ2v) is 8.35. The first kappa shape index (κ1) is 20.1. The minimum Gasteiger partial charge on any atom is -0.492 e. The maximum atomic E-state index is 12.6. The van der Waals surface area contributed by atoms with Gasteiger partial charge in [-0.2, -0.15) is 5.10 Å². The molecule has 0 saturated carbocycles. The second-order valence-electron chi connectivity index (χ2n) is 6.26. The summed E-state index contributed by atoms with van der Waals surface area (Å²) in [6.45, 7) is 0.501. The molecule has 0 aliphatic carbocycles. The minimum atomic E-state index is -0.387. The number of benzene rings is 2. The number of aromatic nitrogens is 3. The predicted octanol–water partition coefficient (Wildman–Crippen LogP) is 3.91. The Kier molecular flexibility index (Phi) is 6.10. The zero-order valence-corrected chi connectivity index (χ0v) is 17.7. The Hall–Kier alpha value is -3.17. The largest absolute Gasteiger partial charge is 0.492 e. The summed E-state index contributed by atoms with van der Waals surface area (Å²) in [6, 6.07) is 17.6. The van der Waals surface area contributed by atoms with Gasteiger partial charge >= 0.3 is 0 Å². The van der Waals surface area contributed by atoms with E-state index in [1.54, 1.807) is 29.2 Å². The summed E-state index contributed by atoms with van der Waals surface area (Å²) in [4.78, 5) is 29.2. The third-order valence-electron chi connectivity index (χ3n) is 4.22. The zero-order valence-electron chi connectivity index (χ0n) is 16.1. The smallest absolute Gasteiger partial charge is 0.276 e. The molecule has 0 aliphatic rings. The number of hydrogen-bond donors (Lipinski definition) is 1. The number of nitrogens with zero attached hydrogens (tertiary/aromatic N) is 3. The number of thiazole rings is 1. The topological polar surface area (TPSA) is 86.1 Å². The predicted molar refractivity (Wildman–Crippen MR) is 120 cm³/mol. The molecule has 0 aliphatic heterocycles. The van der Waals surface area contributed by atoms with E-state index in [0.29, 0.717) is 11.4 Å². The van der Waals surface area contributed by atoms with Crippen LogP contribution >= 0.6 is 23.1 Å². The van der Waals surface area contributed by atoms with Crippen molar-refractivity contribution in [3.05, 3.63) is 76.7 Å². The van der Waals surface area contributed by atoms with Gasteiger partial charge in [0.2, 0.25) is 0 Å². The number of fused-ring (bicyclic) bond motifs is 1. The molecule has 0 radical (unpaired) electrons. The van der Waals surface area contributed by atoms with Gasteiger partial charge in [0.1, 0.15) is 18.1 Å². The van der Waals surface area contributed by atoms with Crippen molar-refractivity contribution in [1.82, 2.24) is 14.8 Å². The highest BCUT2D eigenvalue weighted by Gasteiger charge is 2.12. The Morgan fingerprint density at radius 1 is 1.17 bits per heavy atom. The van der Waals surface area contributed by atoms with Gasteiger partial charge in [0, 0.05) is 11.8 Å². The summed E-state index contributed by atoms with van der Waals surface area (Å²) in [7, 11) is 0. The summed E-state index contributed by atoms with van der Waals surface area (Å²) in [5, 5.41) is 7.01. The molecule has 2 heterocycles. The lowest BCUT2D eigenvalue weighted by Crippen LogP contribution is -2.28. The molecule has 152 valence electrons. The van der Waals surface area contributed by atoms with Crippen LogP contribution in [-0.2, 0) is 6.54 Å². The molecule has 30 heavy (non-hydrogen) atoms. The monoisotopic (exact) mass is 438 g/mol. The van der Waals surface area contributed by atoms with E-state index in [-0.39, 0.29) is 30.3 Å². The van der Waals surface area contributed by atoms with Gasteiger partial charge in [0.25, 0.3) is 11.5 Å². The van der Waals surface area contributed by atoms with Gasteiger partial charge in [0.15, 0.2) is 4.34 Å². The van der Waals surface area contributed by atoms with Crippen LogP contribution in [-0.4, -0.2) is 33.5 Å². The Bertz CT molecular complexity index is 1240. The van der Waals surface area contributed by atoms with Gasteiger partial charge in [-0.05, 0) is 42.7 Å². The fraction of sp³-hybridized carbons (Fsp3) is 0.143. The van der Waals surface area contributed by atoms with Crippen LogP contribution in [0.1, 0.15) is 10.5 Å². The van der Waals surface area contributed by atoms with E-state index in [1.165, 1.54) is 16.8 Å². The molecule has 0 atom stereocenters. The number of ether oxygens (including phenoxy) is 1. The Labute approximate surface area is 180 Å². The van der Waals surface area contributed by atoms with Gasteiger partial charge in [-0.15, -0.1) is 11.3 Å². The molecule has 0 fully saturated rings. The molecule has 0 spiro atoms. The zero-order chi connectivity index (χ0) is 20.9. The molecular weight excluding hydrogens is 420 g/mol. The third kappa shape index (κ3) is 4.69. The lowest BCUT2D eigenvalue weighted by molar-refractivity contribution is 0.101. The van der Waals surface area contributed by atoms with Crippen molar-refractivity contribution in [2.45, 2.75) is 10.9 Å². The first-order valence-corrected chi connectivity index (χ1v) is 11.2. The highest BCUT2D eigenvalue weighted by molar-refractivity contribution is 8.00. The summed E-state index contributed by atoms with van der Waals surface area (Å²) in [5.74, 6) is 0.323. The molecule has 0 bridgehead atoms. The van der Waals surface area contributed by atoms with E-state index in [9.17, 15) is 9.59 Å². The quantitative estimate of drug-likeness (QED) is 0.441. The molecule has 2 aromatic carbocycles. The van der Waals surface area contributed by atoms with Crippen LogP contribution < -0.4 is 15.6 Å². The molecule has 2 aromatic heterocycles. The number of nitrogens with one attached hydrogen (secondary N) is 1. The summed E-state index contributed by atoms with van der Waals surface area (Å²) in [6.07, 6.45) is 1.98. The van der Waals surface area contributed by atoms with Crippen LogP contribution in [0.3, 0.4) is 0 Å². The van der Waals surface area contributed by atoms with Crippen molar-refractivity contribution in [3.8, 4) is 5.75 Å². The number of thioether (sulfide) groups is 1. The number of rotatable bonds is 7. The van der Waals surface area contributed by atoms with Gasteiger partial charge in [0.05, 0.1) is 16.8 Å². The first-order valence-electron chi connectivity index (χ1n) is 9.14. The van der Waals surface area contributed by atoms with Crippen molar-refractivity contribution in [2.75, 3.05) is 18.2 Å². The lowest BCUT2D eigenvalue weighted by Gasteiger charge is -2.09. The average Bonchev–Trinajstić information content (AvgIpc) is 3.18. The van der Waals surface area contributed by atoms with Crippen molar-refractivity contribution in [1.29, 1.82) is 0 Å². The van der Waals surface area contributed by atoms with E-state index >= 15 is 0 Å². The minimum absolute atomic E-state index is 0.156. The van der Waals surface area contributed by atoms with E-state index < -0.39 is 0 Å². The number of hydrogen-bond acceptors (Lipinski definition) is 7. The molecule has 7 nitrogen and oxygen atoms in total. The Morgan fingerprint density at radius 2 is 2.00 bits per heavy atom. The molecule has 1 amide bonds. The maximum Gasteiger partial charge on any atom is 0.276 e. The van der Waals surface area contributed by atoms with Crippen LogP contribution in [0.5, 0.6) is 5.75 Å². The normalized spacial score (nSPS) is 10.8. The highest BCUT2D eigenvalue weighted by atomic mass is 32.2. The molecule has 9 heteroatoms. The maximum absolute atomic E-state index is 12.6. The van der Waals surface area contributed by atoms with E-state index in [1.807, 2.05) is 48.7 Å². The van der Waals surface area contributed by atoms with Crippen LogP contribution in [0, 0.1) is 0 Å². The molecule has 0 saturated heterocycles. The summed E-state index contributed by atoms with van der Waals surface area (Å²) in [5.41, 5.74) is 1.41. The van der Waals surface area contributed by atoms with Gasteiger partial charge in [-0.1, -0.05) is 30.0 Å². The number of anilines is 1. The Morgan fingerprint density at radius 3 is 2.80 bits per heavy atom. The fourth-order valence-electron chi connectivity index (χ4n) is 2.76. The van der Waals surface area contributed by atoms with Crippen LogP contribution in [0.15, 0.2) is 69.8 Å². The van der Waals surface area contributed by atoms with Gasteiger partial charge < -0.3 is 10.1 Å². The molecular formula is C21H18N4O3S2. The average molecular weight is 439 g/mol. The van der Waals surface area contributed by atoms with E-state index in [4.69, 9.17) is 4.74 Å². The number of carbonyl (C=O) groups excluding carboxylic acids is 1. The van der Waals surface area contributed by atoms with Crippen LogP contribution in [0.2, 0.25) is 0 Å². The highest BCUT2D eigenvalue weighted by Crippen LogP contribution is 2.30. The second kappa shape index (κ2) is 9.10. The first-order chi connectivity index (χ1) is 14.6. The standard InChI is InChI=1S/C21H18N4O3S2/c1-29-21-23-16-8-7-14(13-18(16)30-21)22-20(27)17-9-10-19(26)25(24-17)11-12-28-15-5-3-2-4-6-15/h2-10,13H,11-12H2,1H3,(H,22,27). The number of para-hydroxylation sites is 1. The van der Waals surface area contributed by atoms with Gasteiger partial charge in [-0.25, -0.2) is 9.67 Å².